The van der Waals surface area contributed by atoms with Crippen LogP contribution in [0, 0.1) is 24.7 Å². The molecule has 3 heteroatoms. The van der Waals surface area contributed by atoms with Crippen LogP contribution >= 0.6 is 0 Å². The van der Waals surface area contributed by atoms with Crippen LogP contribution in [0.3, 0.4) is 0 Å². The number of allylic oxidation sites excluding steroid dienone is 2. The molecule has 1 heterocycles. The fourth-order valence-electron chi connectivity index (χ4n) is 6.24. The second kappa shape index (κ2) is 11.6. The summed E-state index contributed by atoms with van der Waals surface area (Å²) in [4.78, 5) is 2.62. The lowest BCUT2D eigenvalue weighted by molar-refractivity contribution is 0.140. The SMILES string of the molecule is Cc1cccc(C[C@H](O)C=C[C@@H]2[C@H]3CC(CCCCCCN4CCCC4)=C[C@H]3C[C@H]2O)c1. The molecular weight excluding hydrogens is 394 g/mol. The van der Waals surface area contributed by atoms with Gasteiger partial charge in [0.2, 0.25) is 0 Å². The first-order valence-electron chi connectivity index (χ1n) is 13.1. The maximum absolute atomic E-state index is 10.6. The van der Waals surface area contributed by atoms with Crippen molar-refractivity contribution in [2.24, 2.45) is 17.8 Å². The van der Waals surface area contributed by atoms with Crippen LogP contribution in [0.2, 0.25) is 0 Å². The minimum absolute atomic E-state index is 0.182. The molecule has 1 aliphatic heterocycles. The van der Waals surface area contributed by atoms with Crippen LogP contribution in [-0.4, -0.2) is 47.0 Å². The Labute approximate surface area is 195 Å². The van der Waals surface area contributed by atoms with Gasteiger partial charge in [0.05, 0.1) is 12.2 Å². The number of benzene rings is 1. The number of aliphatic hydroxyl groups excluding tert-OH is 2. The lowest BCUT2D eigenvalue weighted by Crippen LogP contribution is -2.20. The van der Waals surface area contributed by atoms with E-state index >= 15 is 0 Å². The number of fused-ring (bicyclic) bond motifs is 1. The third kappa shape index (κ3) is 6.56. The van der Waals surface area contributed by atoms with E-state index in [0.717, 1.165) is 18.4 Å². The molecule has 0 aromatic heterocycles. The van der Waals surface area contributed by atoms with Crippen LogP contribution in [0.15, 0.2) is 48.1 Å². The third-order valence-electron chi connectivity index (χ3n) is 7.95. The van der Waals surface area contributed by atoms with Gasteiger partial charge in [0.15, 0.2) is 0 Å². The molecule has 0 radical (unpaired) electrons. The quantitative estimate of drug-likeness (QED) is 0.358. The first-order valence-corrected chi connectivity index (χ1v) is 13.1. The molecule has 4 rings (SSSR count). The summed E-state index contributed by atoms with van der Waals surface area (Å²) < 4.78 is 0. The summed E-state index contributed by atoms with van der Waals surface area (Å²) in [6, 6.07) is 8.34. The van der Waals surface area contributed by atoms with Crippen molar-refractivity contribution in [1.29, 1.82) is 0 Å². The fourth-order valence-corrected chi connectivity index (χ4v) is 6.24. The van der Waals surface area contributed by atoms with Crippen LogP contribution in [-0.2, 0) is 6.42 Å². The predicted octanol–water partition coefficient (Wildman–Crippen LogP) is 5.44. The van der Waals surface area contributed by atoms with E-state index in [1.54, 1.807) is 5.57 Å². The average molecular weight is 438 g/mol. The van der Waals surface area contributed by atoms with Gasteiger partial charge in [0.1, 0.15) is 0 Å². The second-order valence-electron chi connectivity index (χ2n) is 10.6. The predicted molar refractivity (Wildman–Crippen MR) is 133 cm³/mol. The Balaban J connectivity index is 1.17. The van der Waals surface area contributed by atoms with Gasteiger partial charge in [-0.15, -0.1) is 0 Å². The second-order valence-corrected chi connectivity index (χ2v) is 10.6. The zero-order valence-electron chi connectivity index (χ0n) is 20.0. The Morgan fingerprint density at radius 3 is 2.75 bits per heavy atom. The minimum atomic E-state index is -0.488. The van der Waals surface area contributed by atoms with Gasteiger partial charge in [-0.25, -0.2) is 0 Å². The lowest BCUT2D eigenvalue weighted by Gasteiger charge is -2.19. The Bertz CT molecular complexity index is 779. The standard InChI is InChI=1S/C29H43NO2/c1-22-9-8-11-23(17-22)19-26(31)12-13-27-28-20-24(18-25(28)21-29(27)32)10-4-2-3-5-14-30-15-6-7-16-30/h8-9,11-13,17-18,25-29,31-32H,2-7,10,14-16,19-21H2,1H3/t25-,26+,27+,28-,29+/m0/s1. The maximum atomic E-state index is 10.6. The Kier molecular flexibility index (Phi) is 8.62. The van der Waals surface area contributed by atoms with Crippen LogP contribution in [0.5, 0.6) is 0 Å². The summed E-state index contributed by atoms with van der Waals surface area (Å²) in [7, 11) is 0. The number of rotatable bonds is 11. The number of hydrogen-bond donors (Lipinski definition) is 2. The van der Waals surface area contributed by atoms with Gasteiger partial charge in [-0.2, -0.15) is 0 Å². The molecule has 2 N–H and O–H groups in total. The lowest BCUT2D eigenvalue weighted by atomic mass is 9.88. The monoisotopic (exact) mass is 437 g/mol. The zero-order valence-corrected chi connectivity index (χ0v) is 20.0. The van der Waals surface area contributed by atoms with Crippen molar-refractivity contribution in [2.75, 3.05) is 19.6 Å². The van der Waals surface area contributed by atoms with Gasteiger partial charge in [-0.05, 0) is 88.9 Å². The topological polar surface area (TPSA) is 43.7 Å². The molecule has 1 aromatic rings. The van der Waals surface area contributed by atoms with Gasteiger partial charge in [-0.3, -0.25) is 0 Å². The normalized spacial score (nSPS) is 29.0. The molecule has 1 saturated carbocycles. The van der Waals surface area contributed by atoms with Gasteiger partial charge in [0.25, 0.3) is 0 Å². The van der Waals surface area contributed by atoms with Crippen molar-refractivity contribution >= 4 is 0 Å². The van der Waals surface area contributed by atoms with Crippen molar-refractivity contribution in [3.8, 4) is 0 Å². The minimum Gasteiger partial charge on any atom is -0.392 e. The average Bonchev–Trinajstić information content (AvgIpc) is 3.46. The summed E-state index contributed by atoms with van der Waals surface area (Å²) in [5.74, 6) is 1.23. The molecule has 0 amide bonds. The summed E-state index contributed by atoms with van der Waals surface area (Å²) in [6.45, 7) is 6.02. The van der Waals surface area contributed by atoms with Gasteiger partial charge in [-0.1, -0.05) is 66.5 Å². The number of hydrogen-bond acceptors (Lipinski definition) is 3. The highest BCUT2D eigenvalue weighted by Gasteiger charge is 2.43. The molecule has 2 aliphatic carbocycles. The maximum Gasteiger partial charge on any atom is 0.0761 e. The smallest absolute Gasteiger partial charge is 0.0761 e. The van der Waals surface area contributed by atoms with E-state index in [9.17, 15) is 10.2 Å². The highest BCUT2D eigenvalue weighted by molar-refractivity contribution is 5.24. The van der Waals surface area contributed by atoms with Crippen molar-refractivity contribution in [3.63, 3.8) is 0 Å². The number of unbranched alkanes of at least 4 members (excludes halogenated alkanes) is 3. The molecule has 2 fully saturated rings. The molecule has 1 aromatic carbocycles. The molecule has 176 valence electrons. The molecule has 0 bridgehead atoms. The van der Waals surface area contributed by atoms with Crippen LogP contribution in [0.4, 0.5) is 0 Å². The van der Waals surface area contributed by atoms with E-state index in [0.29, 0.717) is 18.3 Å². The van der Waals surface area contributed by atoms with Crippen molar-refractivity contribution in [1.82, 2.24) is 4.90 Å². The molecule has 5 atom stereocenters. The molecule has 0 spiro atoms. The van der Waals surface area contributed by atoms with E-state index < -0.39 is 6.10 Å². The van der Waals surface area contributed by atoms with E-state index in [4.69, 9.17) is 0 Å². The molecule has 1 saturated heterocycles. The van der Waals surface area contributed by atoms with Crippen molar-refractivity contribution in [3.05, 3.63) is 59.2 Å². The number of likely N-dealkylation sites (tertiary alicyclic amines) is 1. The van der Waals surface area contributed by atoms with E-state index in [1.165, 1.54) is 70.1 Å². The Morgan fingerprint density at radius 2 is 1.94 bits per heavy atom. The Morgan fingerprint density at radius 1 is 1.12 bits per heavy atom. The van der Waals surface area contributed by atoms with Crippen LogP contribution in [0.1, 0.15) is 68.9 Å². The summed E-state index contributed by atoms with van der Waals surface area (Å²) in [5, 5.41) is 21.1. The van der Waals surface area contributed by atoms with Crippen LogP contribution in [0.25, 0.3) is 0 Å². The molecule has 3 aliphatic rings. The Hall–Kier alpha value is -1.42. The van der Waals surface area contributed by atoms with E-state index in [-0.39, 0.29) is 12.0 Å². The van der Waals surface area contributed by atoms with E-state index in [2.05, 4.69) is 42.2 Å². The van der Waals surface area contributed by atoms with Crippen LogP contribution < -0.4 is 0 Å². The highest BCUT2D eigenvalue weighted by Crippen LogP contribution is 2.48. The summed E-state index contributed by atoms with van der Waals surface area (Å²) >= 11 is 0. The molecule has 0 unspecified atom stereocenters. The summed E-state index contributed by atoms with van der Waals surface area (Å²) in [6.07, 6.45) is 17.8. The number of aliphatic hydroxyl groups is 2. The first kappa shape index (κ1) is 23.7. The summed E-state index contributed by atoms with van der Waals surface area (Å²) in [5.41, 5.74) is 4.01. The zero-order chi connectivity index (χ0) is 22.3. The third-order valence-corrected chi connectivity index (χ3v) is 7.95. The first-order chi connectivity index (χ1) is 15.6. The van der Waals surface area contributed by atoms with Crippen molar-refractivity contribution in [2.45, 2.75) is 83.3 Å². The highest BCUT2D eigenvalue weighted by atomic mass is 16.3. The largest absolute Gasteiger partial charge is 0.392 e. The van der Waals surface area contributed by atoms with Gasteiger partial charge < -0.3 is 15.1 Å². The van der Waals surface area contributed by atoms with E-state index in [1.807, 2.05) is 12.1 Å². The molecular formula is C29H43NO2. The fraction of sp³-hybridized carbons (Fsp3) is 0.655. The number of nitrogens with zero attached hydrogens (tertiary/aromatic N) is 1. The number of aryl methyl sites for hydroxylation is 1. The van der Waals surface area contributed by atoms with Gasteiger partial charge >= 0.3 is 0 Å². The molecule has 32 heavy (non-hydrogen) atoms. The van der Waals surface area contributed by atoms with Gasteiger partial charge in [0, 0.05) is 12.3 Å². The molecule has 3 nitrogen and oxygen atoms in total. The van der Waals surface area contributed by atoms with Crippen molar-refractivity contribution < 1.29 is 10.2 Å².